The number of hydrogen-bond acceptors (Lipinski definition) is 3. The van der Waals surface area contributed by atoms with Gasteiger partial charge >= 0.3 is 0 Å². The number of rotatable bonds is 0. The molecule has 0 amide bonds. The van der Waals surface area contributed by atoms with Gasteiger partial charge in [0.15, 0.2) is 0 Å². The van der Waals surface area contributed by atoms with Crippen molar-refractivity contribution in [3.05, 3.63) is 0 Å². The fraction of sp³-hybridized carbons (Fsp3) is 0.571. The second kappa shape index (κ2) is 55.8. The summed E-state index contributed by atoms with van der Waals surface area (Å²) in [5.41, 5.74) is 0. The second-order valence-electron chi connectivity index (χ2n) is 1.41. The zero-order valence-electron chi connectivity index (χ0n) is 6.51. The summed E-state index contributed by atoms with van der Waals surface area (Å²) in [4.78, 5) is 24.0. The van der Waals surface area contributed by atoms with Crippen LogP contribution < -0.4 is 0 Å². The van der Waals surface area contributed by atoms with E-state index in [2.05, 4.69) is 0 Å². The molecule has 0 unspecified atom stereocenters. The molecule has 0 heterocycles. The molecule has 1 aliphatic rings. The average molecular weight is 205 g/mol. The standard InChI is InChI=1S/C4H8.3CH2O.Co/c1-2-4-3-1;3*1-2;/h1-4H2;3*1H2;. The van der Waals surface area contributed by atoms with Gasteiger partial charge < -0.3 is 14.4 Å². The first kappa shape index (κ1) is 22.4. The minimum Gasteiger partial charge on any atom is -0.307 e. The summed E-state index contributed by atoms with van der Waals surface area (Å²) in [5, 5.41) is 0. The molecule has 0 N–H and O–H groups in total. The van der Waals surface area contributed by atoms with Crippen LogP contribution in [0.2, 0.25) is 0 Å². The van der Waals surface area contributed by atoms with Gasteiger partial charge in [-0.25, -0.2) is 0 Å². The van der Waals surface area contributed by atoms with Crippen LogP contribution in [0.1, 0.15) is 25.7 Å². The van der Waals surface area contributed by atoms with Crippen LogP contribution in [0, 0.1) is 0 Å². The summed E-state index contributed by atoms with van der Waals surface area (Å²) in [5.74, 6) is 0. The van der Waals surface area contributed by atoms with Crippen molar-refractivity contribution in [1.29, 1.82) is 0 Å². The Labute approximate surface area is 77.7 Å². The molecule has 3 nitrogen and oxygen atoms in total. The van der Waals surface area contributed by atoms with Gasteiger partial charge in [-0.05, 0) is 0 Å². The summed E-state index contributed by atoms with van der Waals surface area (Å²) in [7, 11) is 0. The van der Waals surface area contributed by atoms with Gasteiger partial charge in [0, 0.05) is 16.8 Å². The van der Waals surface area contributed by atoms with Gasteiger partial charge in [0.2, 0.25) is 0 Å². The topological polar surface area (TPSA) is 51.2 Å². The fourth-order valence-electron chi connectivity index (χ4n) is 0.250. The largest absolute Gasteiger partial charge is 0.307 e. The molecule has 0 aromatic rings. The van der Waals surface area contributed by atoms with E-state index in [1.165, 1.54) is 25.7 Å². The first-order chi connectivity index (χ1) is 5.00. The van der Waals surface area contributed by atoms with E-state index in [-0.39, 0.29) is 16.8 Å². The Hall–Kier alpha value is -0.484. The quantitative estimate of drug-likeness (QED) is 0.592. The van der Waals surface area contributed by atoms with Gasteiger partial charge in [0.25, 0.3) is 0 Å². The first-order valence-corrected chi connectivity index (χ1v) is 2.87. The minimum atomic E-state index is 0. The van der Waals surface area contributed by atoms with Crippen LogP contribution in [-0.2, 0) is 31.2 Å². The van der Waals surface area contributed by atoms with Crippen molar-refractivity contribution >= 4 is 20.4 Å². The molecule has 0 aliphatic heterocycles. The molecular weight excluding hydrogens is 191 g/mol. The summed E-state index contributed by atoms with van der Waals surface area (Å²) >= 11 is 0. The molecule has 1 radical (unpaired) electrons. The van der Waals surface area contributed by atoms with Crippen LogP contribution in [0.15, 0.2) is 0 Å². The maximum absolute atomic E-state index is 8.00. The SMILES string of the molecule is C1CCC1.C=O.C=O.C=O.[Co]. The molecule has 0 saturated heterocycles. The van der Waals surface area contributed by atoms with Crippen molar-refractivity contribution in [1.82, 2.24) is 0 Å². The summed E-state index contributed by atoms with van der Waals surface area (Å²) in [6.07, 6.45) is 6.00. The molecule has 0 aromatic heterocycles. The van der Waals surface area contributed by atoms with Gasteiger partial charge in [-0.3, -0.25) is 0 Å². The van der Waals surface area contributed by atoms with E-state index >= 15 is 0 Å². The van der Waals surface area contributed by atoms with Gasteiger partial charge in [-0.2, -0.15) is 0 Å². The third-order valence-corrected chi connectivity index (χ3v) is 1.000. The predicted molar refractivity (Wildman–Crippen MR) is 39.8 cm³/mol. The summed E-state index contributed by atoms with van der Waals surface area (Å²) in [6, 6.07) is 0. The smallest absolute Gasteiger partial charge is 0.106 e. The predicted octanol–water partition coefficient (Wildman–Crippen LogP) is 1.00. The fourth-order valence-corrected chi connectivity index (χ4v) is 0.250. The molecule has 0 atom stereocenters. The maximum atomic E-state index is 8.00. The van der Waals surface area contributed by atoms with E-state index < -0.39 is 0 Å². The van der Waals surface area contributed by atoms with Crippen molar-refractivity contribution in [3.8, 4) is 0 Å². The molecular formula is C7H14CoO3. The number of carbonyl (C=O) groups excluding carboxylic acids is 3. The van der Waals surface area contributed by atoms with Crippen molar-refractivity contribution in [2.75, 3.05) is 0 Å². The van der Waals surface area contributed by atoms with Crippen LogP contribution in [0.25, 0.3) is 0 Å². The zero-order valence-corrected chi connectivity index (χ0v) is 7.55. The normalized spacial score (nSPS) is 9.82. The van der Waals surface area contributed by atoms with E-state index in [0.717, 1.165) is 0 Å². The Balaban J connectivity index is -0.0000000317. The Morgan fingerprint density at radius 1 is 0.545 bits per heavy atom. The van der Waals surface area contributed by atoms with Crippen LogP contribution >= 0.6 is 0 Å². The molecule has 0 spiro atoms. The van der Waals surface area contributed by atoms with E-state index in [9.17, 15) is 0 Å². The second-order valence-corrected chi connectivity index (χ2v) is 1.41. The zero-order chi connectivity index (χ0) is 8.83. The third-order valence-electron chi connectivity index (χ3n) is 1.000. The Morgan fingerprint density at radius 3 is 0.636 bits per heavy atom. The van der Waals surface area contributed by atoms with E-state index in [1.54, 1.807) is 0 Å². The molecule has 1 fully saturated rings. The monoisotopic (exact) mass is 205 g/mol. The summed E-state index contributed by atoms with van der Waals surface area (Å²) in [6.45, 7) is 6.00. The van der Waals surface area contributed by atoms with Crippen molar-refractivity contribution in [3.63, 3.8) is 0 Å². The molecule has 69 valence electrons. The van der Waals surface area contributed by atoms with Gasteiger partial charge in [-0.1, -0.05) is 25.7 Å². The van der Waals surface area contributed by atoms with Crippen LogP contribution in [0.4, 0.5) is 0 Å². The summed E-state index contributed by atoms with van der Waals surface area (Å²) < 4.78 is 0. The number of hydrogen-bond donors (Lipinski definition) is 0. The molecule has 1 rings (SSSR count). The molecule has 4 heteroatoms. The van der Waals surface area contributed by atoms with Crippen LogP contribution in [0.3, 0.4) is 0 Å². The third kappa shape index (κ3) is 43.5. The van der Waals surface area contributed by atoms with Crippen molar-refractivity contribution in [2.24, 2.45) is 0 Å². The van der Waals surface area contributed by atoms with Gasteiger partial charge in [0.05, 0.1) is 0 Å². The Kier molecular flexibility index (Phi) is 114. The van der Waals surface area contributed by atoms with Crippen molar-refractivity contribution < 1.29 is 31.2 Å². The van der Waals surface area contributed by atoms with Crippen LogP contribution in [0.5, 0.6) is 0 Å². The number of carbonyl (C=O) groups is 3. The average Bonchev–Trinajstić information content (AvgIpc) is 1.96. The van der Waals surface area contributed by atoms with E-state index in [1.807, 2.05) is 20.4 Å². The molecule has 1 saturated carbocycles. The Bertz CT molecular complexity index is 40.2. The van der Waals surface area contributed by atoms with Crippen LogP contribution in [-0.4, -0.2) is 20.4 Å². The van der Waals surface area contributed by atoms with E-state index in [0.29, 0.717) is 0 Å². The van der Waals surface area contributed by atoms with Gasteiger partial charge in [0.1, 0.15) is 20.4 Å². The molecule has 0 aromatic carbocycles. The molecule has 11 heavy (non-hydrogen) atoms. The maximum Gasteiger partial charge on any atom is 0.106 e. The minimum absolute atomic E-state index is 0. The molecule has 0 bridgehead atoms. The Morgan fingerprint density at radius 2 is 0.636 bits per heavy atom. The van der Waals surface area contributed by atoms with Gasteiger partial charge in [-0.15, -0.1) is 0 Å². The molecule has 1 aliphatic carbocycles. The van der Waals surface area contributed by atoms with Crippen molar-refractivity contribution in [2.45, 2.75) is 25.7 Å². The van der Waals surface area contributed by atoms with E-state index in [4.69, 9.17) is 14.4 Å². The first-order valence-electron chi connectivity index (χ1n) is 2.87.